The summed E-state index contributed by atoms with van der Waals surface area (Å²) in [6.45, 7) is 5.89. The van der Waals surface area contributed by atoms with Gasteiger partial charge in [-0.2, -0.15) is 0 Å². The average Bonchev–Trinajstić information content (AvgIpc) is 2.38. The van der Waals surface area contributed by atoms with Gasteiger partial charge >= 0.3 is 0 Å². The number of nitro groups is 1. The van der Waals surface area contributed by atoms with Crippen molar-refractivity contribution in [3.05, 3.63) is 52.8 Å². The summed E-state index contributed by atoms with van der Waals surface area (Å²) in [7, 11) is 0. The lowest BCUT2D eigenvalue weighted by Crippen LogP contribution is -2.26. The van der Waals surface area contributed by atoms with Crippen LogP contribution in [0.5, 0.6) is 0 Å². The Labute approximate surface area is 117 Å². The molecule has 0 atom stereocenters. The molecule has 0 saturated carbocycles. The Morgan fingerprint density at radius 3 is 2.50 bits per heavy atom. The van der Waals surface area contributed by atoms with Crippen molar-refractivity contribution < 1.29 is 4.92 Å². The lowest BCUT2D eigenvalue weighted by molar-refractivity contribution is -0.383. The number of benzene rings is 1. The van der Waals surface area contributed by atoms with E-state index in [0.29, 0.717) is 5.69 Å². The molecule has 1 N–H and O–H groups in total. The van der Waals surface area contributed by atoms with Crippen LogP contribution in [0.15, 0.2) is 42.7 Å². The predicted octanol–water partition coefficient (Wildman–Crippen LogP) is 3.87. The van der Waals surface area contributed by atoms with E-state index >= 15 is 0 Å². The van der Waals surface area contributed by atoms with E-state index in [4.69, 9.17) is 0 Å². The molecule has 0 radical (unpaired) electrons. The van der Waals surface area contributed by atoms with Crippen molar-refractivity contribution in [2.24, 2.45) is 0 Å². The van der Waals surface area contributed by atoms with Gasteiger partial charge < -0.3 is 5.32 Å². The van der Waals surface area contributed by atoms with E-state index in [-0.39, 0.29) is 16.1 Å². The quantitative estimate of drug-likeness (QED) is 0.679. The Bertz CT molecular complexity index is 619. The topological polar surface area (TPSA) is 68.1 Å². The molecule has 0 aliphatic heterocycles. The molecule has 0 spiro atoms. The summed E-state index contributed by atoms with van der Waals surface area (Å²) in [4.78, 5) is 14.9. The minimum absolute atomic E-state index is 0.0706. The summed E-state index contributed by atoms with van der Waals surface area (Å²) in [6, 6.07) is 8.86. The second kappa shape index (κ2) is 5.28. The number of hydrogen-bond acceptors (Lipinski definition) is 4. The van der Waals surface area contributed by atoms with Gasteiger partial charge in [-0.15, -0.1) is 0 Å². The van der Waals surface area contributed by atoms with Gasteiger partial charge in [0.1, 0.15) is 5.69 Å². The first-order chi connectivity index (χ1) is 9.37. The maximum Gasteiger partial charge on any atom is 0.292 e. The third-order valence-electron chi connectivity index (χ3n) is 2.70. The Kier molecular flexibility index (Phi) is 3.70. The van der Waals surface area contributed by atoms with Crippen LogP contribution in [0.3, 0.4) is 0 Å². The fourth-order valence-corrected chi connectivity index (χ4v) is 1.91. The molecule has 0 amide bonds. The van der Waals surface area contributed by atoms with E-state index in [2.05, 4.69) is 10.3 Å². The molecule has 5 heteroatoms. The zero-order chi connectivity index (χ0) is 14.8. The van der Waals surface area contributed by atoms with Gasteiger partial charge in [0.05, 0.1) is 4.92 Å². The molecule has 1 aromatic carbocycles. The van der Waals surface area contributed by atoms with E-state index in [1.54, 1.807) is 24.5 Å². The molecule has 0 aliphatic carbocycles. The van der Waals surface area contributed by atoms with Crippen LogP contribution in [0.1, 0.15) is 20.8 Å². The molecule has 0 bridgehead atoms. The molecule has 1 heterocycles. The summed E-state index contributed by atoms with van der Waals surface area (Å²) in [5.74, 6) is 0. The predicted molar refractivity (Wildman–Crippen MR) is 79.7 cm³/mol. The second-order valence-electron chi connectivity index (χ2n) is 5.61. The standard InChI is InChI=1S/C15H17N3O2/c1-15(2,3)17-13-7-6-11(9-14(13)18(19)20)12-5-4-8-16-10-12/h4-10,17H,1-3H3. The SMILES string of the molecule is CC(C)(C)Nc1ccc(-c2cccnc2)cc1[N+](=O)[O-]. The molecular weight excluding hydrogens is 254 g/mol. The number of nitrogens with one attached hydrogen (secondary N) is 1. The molecule has 5 nitrogen and oxygen atoms in total. The highest BCUT2D eigenvalue weighted by Gasteiger charge is 2.19. The lowest BCUT2D eigenvalue weighted by atomic mass is 10.0. The molecule has 0 saturated heterocycles. The molecule has 2 aromatic rings. The van der Waals surface area contributed by atoms with E-state index in [9.17, 15) is 10.1 Å². The maximum atomic E-state index is 11.2. The number of nitrogens with zero attached hydrogens (tertiary/aromatic N) is 2. The third-order valence-corrected chi connectivity index (χ3v) is 2.70. The largest absolute Gasteiger partial charge is 0.375 e. The second-order valence-corrected chi connectivity index (χ2v) is 5.61. The third kappa shape index (κ3) is 3.32. The van der Waals surface area contributed by atoms with Crippen LogP contribution in [0, 0.1) is 10.1 Å². The van der Waals surface area contributed by atoms with E-state index < -0.39 is 0 Å². The highest BCUT2D eigenvalue weighted by Crippen LogP contribution is 2.31. The average molecular weight is 271 g/mol. The highest BCUT2D eigenvalue weighted by molar-refractivity contribution is 5.73. The summed E-state index contributed by atoms with van der Waals surface area (Å²) < 4.78 is 0. The summed E-state index contributed by atoms with van der Waals surface area (Å²) >= 11 is 0. The summed E-state index contributed by atoms with van der Waals surface area (Å²) in [5, 5.41) is 14.4. The van der Waals surface area contributed by atoms with Gasteiger partial charge in [-0.05, 0) is 38.5 Å². The Morgan fingerprint density at radius 2 is 1.95 bits per heavy atom. The molecule has 104 valence electrons. The number of rotatable bonds is 3. The van der Waals surface area contributed by atoms with Crippen LogP contribution in [0.4, 0.5) is 11.4 Å². The van der Waals surface area contributed by atoms with Crippen LogP contribution in [0.2, 0.25) is 0 Å². The fraction of sp³-hybridized carbons (Fsp3) is 0.267. The molecule has 0 unspecified atom stereocenters. The Hall–Kier alpha value is -2.43. The molecule has 2 rings (SSSR count). The molecule has 20 heavy (non-hydrogen) atoms. The van der Waals surface area contributed by atoms with Gasteiger partial charge in [0.15, 0.2) is 0 Å². The monoisotopic (exact) mass is 271 g/mol. The van der Waals surface area contributed by atoms with E-state index in [1.165, 1.54) is 0 Å². The highest BCUT2D eigenvalue weighted by atomic mass is 16.6. The van der Waals surface area contributed by atoms with Gasteiger partial charge in [0, 0.05) is 29.6 Å². The normalized spacial score (nSPS) is 11.2. The van der Waals surface area contributed by atoms with E-state index in [1.807, 2.05) is 39.0 Å². The first-order valence-electron chi connectivity index (χ1n) is 6.34. The van der Waals surface area contributed by atoms with Gasteiger partial charge in [0.2, 0.25) is 0 Å². The van der Waals surface area contributed by atoms with Crippen molar-refractivity contribution in [2.75, 3.05) is 5.32 Å². The first-order valence-corrected chi connectivity index (χ1v) is 6.34. The van der Waals surface area contributed by atoms with Crippen molar-refractivity contribution >= 4 is 11.4 Å². The van der Waals surface area contributed by atoms with Crippen molar-refractivity contribution in [1.82, 2.24) is 4.98 Å². The van der Waals surface area contributed by atoms with Gasteiger partial charge in [-0.1, -0.05) is 12.1 Å². The minimum Gasteiger partial charge on any atom is -0.375 e. The number of aromatic nitrogens is 1. The molecular formula is C15H17N3O2. The van der Waals surface area contributed by atoms with Crippen molar-refractivity contribution in [2.45, 2.75) is 26.3 Å². The van der Waals surface area contributed by atoms with Crippen LogP contribution in [0.25, 0.3) is 11.1 Å². The zero-order valence-electron chi connectivity index (χ0n) is 11.8. The fourth-order valence-electron chi connectivity index (χ4n) is 1.91. The molecule has 0 fully saturated rings. The number of anilines is 1. The Morgan fingerprint density at radius 1 is 1.20 bits per heavy atom. The maximum absolute atomic E-state index is 11.2. The van der Waals surface area contributed by atoms with Crippen molar-refractivity contribution in [3.63, 3.8) is 0 Å². The van der Waals surface area contributed by atoms with Gasteiger partial charge in [-0.25, -0.2) is 0 Å². The first kappa shape index (κ1) is 14.0. The number of hydrogen-bond donors (Lipinski definition) is 1. The van der Waals surface area contributed by atoms with Crippen LogP contribution < -0.4 is 5.32 Å². The van der Waals surface area contributed by atoms with Crippen molar-refractivity contribution in [3.8, 4) is 11.1 Å². The van der Waals surface area contributed by atoms with Crippen LogP contribution >= 0.6 is 0 Å². The smallest absolute Gasteiger partial charge is 0.292 e. The van der Waals surface area contributed by atoms with Crippen LogP contribution in [-0.4, -0.2) is 15.4 Å². The van der Waals surface area contributed by atoms with Crippen LogP contribution in [-0.2, 0) is 0 Å². The molecule has 0 aliphatic rings. The number of nitro benzene ring substituents is 1. The Balaban J connectivity index is 2.46. The van der Waals surface area contributed by atoms with Crippen molar-refractivity contribution in [1.29, 1.82) is 0 Å². The summed E-state index contributed by atoms with van der Waals surface area (Å²) in [5.41, 5.74) is 2.00. The summed E-state index contributed by atoms with van der Waals surface area (Å²) in [6.07, 6.45) is 3.36. The van der Waals surface area contributed by atoms with Gasteiger partial charge in [0.25, 0.3) is 5.69 Å². The lowest BCUT2D eigenvalue weighted by Gasteiger charge is -2.22. The zero-order valence-corrected chi connectivity index (χ0v) is 11.8. The van der Waals surface area contributed by atoms with E-state index in [0.717, 1.165) is 11.1 Å². The van der Waals surface area contributed by atoms with Gasteiger partial charge in [-0.3, -0.25) is 15.1 Å². The minimum atomic E-state index is -0.367. The number of pyridine rings is 1. The molecule has 1 aromatic heterocycles.